The molecular weight excluding hydrogens is 304 g/mol. The summed E-state index contributed by atoms with van der Waals surface area (Å²) in [4.78, 5) is 38.2. The first kappa shape index (κ1) is 15.4. The number of hydrogen-bond donors (Lipinski definition) is 2. The van der Waals surface area contributed by atoms with Crippen LogP contribution >= 0.6 is 0 Å². The Kier molecular flexibility index (Phi) is 3.78. The number of carbonyl (C=O) groups is 3. The number of rotatable bonds is 3. The van der Waals surface area contributed by atoms with Gasteiger partial charge in [0, 0.05) is 31.4 Å². The minimum Gasteiger partial charge on any atom is -0.479 e. The minimum atomic E-state index is -1.92. The van der Waals surface area contributed by atoms with Crippen molar-refractivity contribution < 1.29 is 29.3 Å². The molecule has 8 heteroatoms. The van der Waals surface area contributed by atoms with Gasteiger partial charge in [-0.25, -0.2) is 4.79 Å². The molecular formula is C15H16N2O6. The van der Waals surface area contributed by atoms with Crippen LogP contribution in [-0.4, -0.2) is 65.3 Å². The molecule has 0 aromatic heterocycles. The Morgan fingerprint density at radius 2 is 2.13 bits per heavy atom. The molecule has 0 bridgehead atoms. The number of aliphatic carboxylic acids is 1. The van der Waals surface area contributed by atoms with E-state index in [0.717, 1.165) is 5.56 Å². The number of aliphatic hydroxyl groups excluding tert-OH is 1. The molecule has 0 spiro atoms. The van der Waals surface area contributed by atoms with E-state index in [0.29, 0.717) is 17.8 Å². The number of benzene rings is 1. The van der Waals surface area contributed by atoms with Crippen LogP contribution in [0.25, 0.3) is 0 Å². The van der Waals surface area contributed by atoms with Gasteiger partial charge in [-0.2, -0.15) is 0 Å². The van der Waals surface area contributed by atoms with Crippen LogP contribution in [0.3, 0.4) is 0 Å². The first-order chi connectivity index (χ1) is 10.9. The largest absolute Gasteiger partial charge is 0.479 e. The lowest BCUT2D eigenvalue weighted by molar-refractivity contribution is -0.163. The predicted molar refractivity (Wildman–Crippen MR) is 78.0 cm³/mol. The maximum Gasteiger partial charge on any atom is 0.335 e. The van der Waals surface area contributed by atoms with Gasteiger partial charge in [0.05, 0.1) is 6.61 Å². The molecule has 122 valence electrons. The second-order valence-electron chi connectivity index (χ2n) is 5.57. The van der Waals surface area contributed by atoms with E-state index >= 15 is 0 Å². The van der Waals surface area contributed by atoms with Crippen molar-refractivity contribution in [3.05, 3.63) is 29.3 Å². The van der Waals surface area contributed by atoms with Gasteiger partial charge < -0.3 is 24.7 Å². The zero-order valence-electron chi connectivity index (χ0n) is 12.4. The van der Waals surface area contributed by atoms with Crippen molar-refractivity contribution in [2.24, 2.45) is 0 Å². The Labute approximate surface area is 131 Å². The van der Waals surface area contributed by atoms with Crippen LogP contribution in [0.15, 0.2) is 18.2 Å². The van der Waals surface area contributed by atoms with Gasteiger partial charge in [-0.1, -0.05) is 6.07 Å². The summed E-state index contributed by atoms with van der Waals surface area (Å²) >= 11 is 0. The zero-order valence-corrected chi connectivity index (χ0v) is 12.4. The molecule has 2 aliphatic rings. The lowest BCUT2D eigenvalue weighted by Gasteiger charge is -2.33. The molecule has 2 N–H and O–H groups in total. The maximum atomic E-state index is 12.4. The maximum absolute atomic E-state index is 12.4. The van der Waals surface area contributed by atoms with Crippen LogP contribution in [0.2, 0.25) is 0 Å². The van der Waals surface area contributed by atoms with Crippen molar-refractivity contribution in [2.75, 3.05) is 25.1 Å². The summed E-state index contributed by atoms with van der Waals surface area (Å²) in [5.41, 5.74) is 1.90. The van der Waals surface area contributed by atoms with Gasteiger partial charge in [0.2, 0.25) is 0 Å². The summed E-state index contributed by atoms with van der Waals surface area (Å²) in [6.07, 6.45) is -3.37. The fourth-order valence-corrected chi connectivity index (χ4v) is 2.82. The quantitative estimate of drug-likeness (QED) is 0.774. The van der Waals surface area contributed by atoms with E-state index in [1.54, 1.807) is 30.1 Å². The number of hydrogen-bond acceptors (Lipinski definition) is 5. The van der Waals surface area contributed by atoms with E-state index in [1.807, 2.05) is 0 Å². The summed E-state index contributed by atoms with van der Waals surface area (Å²) in [7, 11) is 1.70. The van der Waals surface area contributed by atoms with E-state index in [9.17, 15) is 19.5 Å². The van der Waals surface area contributed by atoms with Crippen molar-refractivity contribution in [3.63, 3.8) is 0 Å². The molecule has 0 saturated carbocycles. The minimum absolute atomic E-state index is 0.103. The van der Waals surface area contributed by atoms with Gasteiger partial charge in [0.25, 0.3) is 11.8 Å². The van der Waals surface area contributed by atoms with Crippen LogP contribution in [-0.2, 0) is 20.9 Å². The van der Waals surface area contributed by atoms with Gasteiger partial charge in [-0.3, -0.25) is 9.59 Å². The number of aliphatic hydroxyl groups is 1. The van der Waals surface area contributed by atoms with Gasteiger partial charge in [-0.15, -0.1) is 0 Å². The van der Waals surface area contributed by atoms with Crippen LogP contribution in [0.1, 0.15) is 15.9 Å². The predicted octanol–water partition coefficient (Wildman–Crippen LogP) is -0.550. The first-order valence-corrected chi connectivity index (χ1v) is 7.12. The number of nitrogens with zero attached hydrogens (tertiary/aromatic N) is 2. The van der Waals surface area contributed by atoms with Gasteiger partial charge in [0.15, 0.2) is 12.2 Å². The van der Waals surface area contributed by atoms with E-state index in [1.165, 1.54) is 4.90 Å². The van der Waals surface area contributed by atoms with E-state index < -0.39 is 24.1 Å². The van der Waals surface area contributed by atoms with Crippen LogP contribution in [0.5, 0.6) is 0 Å². The smallest absolute Gasteiger partial charge is 0.335 e. The average Bonchev–Trinajstić information content (AvgIpc) is 2.81. The molecule has 2 heterocycles. The first-order valence-electron chi connectivity index (χ1n) is 7.12. The lowest BCUT2D eigenvalue weighted by Crippen LogP contribution is -2.54. The molecule has 2 atom stereocenters. The Morgan fingerprint density at radius 3 is 2.83 bits per heavy atom. The second-order valence-corrected chi connectivity index (χ2v) is 5.57. The molecule has 1 aromatic rings. The van der Waals surface area contributed by atoms with Crippen molar-refractivity contribution in [2.45, 2.75) is 18.8 Å². The SMILES string of the molecule is CN1Cc2ccc(N3CCO[C@H](C(O)C(=O)O)C3=O)cc2C1=O. The number of carboxylic acid groups (broad SMARTS) is 1. The fraction of sp³-hybridized carbons (Fsp3) is 0.400. The number of morpholine rings is 1. The molecule has 23 heavy (non-hydrogen) atoms. The van der Waals surface area contributed by atoms with Gasteiger partial charge in [-0.05, 0) is 17.7 Å². The molecule has 2 aliphatic heterocycles. The van der Waals surface area contributed by atoms with Crippen LogP contribution in [0.4, 0.5) is 5.69 Å². The zero-order chi connectivity index (χ0) is 16.7. The van der Waals surface area contributed by atoms with Crippen molar-refractivity contribution >= 4 is 23.5 Å². The average molecular weight is 320 g/mol. The summed E-state index contributed by atoms with van der Waals surface area (Å²) in [6.45, 7) is 0.849. The number of fused-ring (bicyclic) bond motifs is 1. The van der Waals surface area contributed by atoms with Gasteiger partial charge in [0.1, 0.15) is 0 Å². The topological polar surface area (TPSA) is 107 Å². The highest BCUT2D eigenvalue weighted by Crippen LogP contribution is 2.28. The fourth-order valence-electron chi connectivity index (χ4n) is 2.82. The highest BCUT2D eigenvalue weighted by molar-refractivity contribution is 6.03. The normalized spacial score (nSPS) is 22.3. The molecule has 1 saturated heterocycles. The Bertz CT molecular complexity index is 689. The monoisotopic (exact) mass is 320 g/mol. The number of amides is 2. The Balaban J connectivity index is 1.89. The van der Waals surface area contributed by atoms with Crippen LogP contribution in [0, 0.1) is 0 Å². The van der Waals surface area contributed by atoms with E-state index in [-0.39, 0.29) is 19.1 Å². The molecule has 8 nitrogen and oxygen atoms in total. The molecule has 1 fully saturated rings. The summed E-state index contributed by atoms with van der Waals surface area (Å²) in [6, 6.07) is 5.10. The number of anilines is 1. The Morgan fingerprint density at radius 1 is 1.39 bits per heavy atom. The molecule has 1 aromatic carbocycles. The second kappa shape index (κ2) is 5.64. The van der Waals surface area contributed by atoms with Crippen molar-refractivity contribution in [1.82, 2.24) is 4.90 Å². The lowest BCUT2D eigenvalue weighted by atomic mass is 10.1. The van der Waals surface area contributed by atoms with Crippen LogP contribution < -0.4 is 4.90 Å². The van der Waals surface area contributed by atoms with Gasteiger partial charge >= 0.3 is 5.97 Å². The number of ether oxygens (including phenoxy) is 1. The summed E-state index contributed by atoms with van der Waals surface area (Å²) in [5, 5.41) is 18.4. The third kappa shape index (κ3) is 2.55. The molecule has 0 radical (unpaired) electrons. The van der Waals surface area contributed by atoms with E-state index in [2.05, 4.69) is 0 Å². The van der Waals surface area contributed by atoms with Crippen molar-refractivity contribution in [3.8, 4) is 0 Å². The number of carboxylic acids is 1. The molecule has 3 rings (SSSR count). The molecule has 1 unspecified atom stereocenters. The standard InChI is InChI=1S/C15H16N2O6/c1-16-7-8-2-3-9(6-10(8)13(16)19)17-4-5-23-12(14(17)20)11(18)15(21)22/h2-3,6,11-12,18H,4-5,7H2,1H3,(H,21,22)/t11?,12-/m1/s1. The highest BCUT2D eigenvalue weighted by Gasteiger charge is 2.39. The third-order valence-electron chi connectivity index (χ3n) is 4.05. The summed E-state index contributed by atoms with van der Waals surface area (Å²) < 4.78 is 5.10. The third-order valence-corrected chi connectivity index (χ3v) is 4.05. The number of carbonyl (C=O) groups excluding carboxylic acids is 2. The summed E-state index contributed by atoms with van der Waals surface area (Å²) in [5.74, 6) is -2.27. The highest BCUT2D eigenvalue weighted by atomic mass is 16.5. The molecule has 0 aliphatic carbocycles. The molecule has 2 amide bonds. The Hall–Kier alpha value is -2.45. The van der Waals surface area contributed by atoms with Crippen molar-refractivity contribution in [1.29, 1.82) is 0 Å². The van der Waals surface area contributed by atoms with E-state index in [4.69, 9.17) is 9.84 Å².